The Morgan fingerprint density at radius 1 is 1.08 bits per heavy atom. The predicted molar refractivity (Wildman–Crippen MR) is 147 cm³/mol. The summed E-state index contributed by atoms with van der Waals surface area (Å²) in [7, 11) is -3.61. The first-order valence-corrected chi connectivity index (χ1v) is 14.3. The summed E-state index contributed by atoms with van der Waals surface area (Å²) in [5.41, 5.74) is 1.48. The number of sulfonamides is 1. The Balaban J connectivity index is 2.24. The molecule has 0 aromatic heterocycles. The van der Waals surface area contributed by atoms with Gasteiger partial charge in [0, 0.05) is 35.1 Å². The van der Waals surface area contributed by atoms with Crippen LogP contribution >= 0.6 is 23.2 Å². The van der Waals surface area contributed by atoms with Gasteiger partial charge in [-0.3, -0.25) is 13.9 Å². The van der Waals surface area contributed by atoms with E-state index in [-0.39, 0.29) is 37.7 Å². The lowest BCUT2D eigenvalue weighted by atomic mass is 10.1. The molecule has 0 bridgehead atoms. The Kier molecular flexibility index (Phi) is 10.2. The van der Waals surface area contributed by atoms with Crippen molar-refractivity contribution in [2.24, 2.45) is 0 Å². The molecule has 0 fully saturated rings. The summed E-state index contributed by atoms with van der Waals surface area (Å²) < 4.78 is 26.3. The van der Waals surface area contributed by atoms with Crippen LogP contribution in [0.4, 0.5) is 5.69 Å². The van der Waals surface area contributed by atoms with Crippen molar-refractivity contribution in [3.8, 4) is 0 Å². The predicted octanol–water partition coefficient (Wildman–Crippen LogP) is 5.18. The summed E-state index contributed by atoms with van der Waals surface area (Å²) in [6.45, 7) is 9.33. The largest absolute Gasteiger partial charge is 0.350 e. The topological polar surface area (TPSA) is 86.8 Å². The Morgan fingerprint density at radius 3 is 2.31 bits per heavy atom. The fraction of sp³-hybridized carbons (Fsp3) is 0.462. The van der Waals surface area contributed by atoms with Crippen LogP contribution in [0.1, 0.15) is 51.7 Å². The number of nitrogens with zero attached hydrogens (tertiary/aromatic N) is 2. The zero-order valence-corrected chi connectivity index (χ0v) is 24.0. The van der Waals surface area contributed by atoms with Crippen molar-refractivity contribution in [1.29, 1.82) is 0 Å². The third kappa shape index (κ3) is 8.68. The summed E-state index contributed by atoms with van der Waals surface area (Å²) in [6, 6.07) is 11.5. The molecule has 0 spiro atoms. The SMILES string of the molecule is Cc1ccc(Cl)cc1N(CCCC(=O)N(Cc1ccccc1Cl)[C@@H](C)C(=O)NC(C)(C)C)S(C)(=O)=O. The average molecular weight is 557 g/mol. The number of hydrogen-bond acceptors (Lipinski definition) is 4. The fourth-order valence-corrected chi connectivity index (χ4v) is 5.08. The first-order valence-electron chi connectivity index (χ1n) is 11.7. The molecule has 0 aliphatic rings. The highest BCUT2D eigenvalue weighted by atomic mass is 35.5. The van der Waals surface area contributed by atoms with Gasteiger partial charge in [-0.15, -0.1) is 0 Å². The molecule has 0 heterocycles. The molecule has 0 radical (unpaired) electrons. The Labute approximate surface area is 224 Å². The van der Waals surface area contributed by atoms with Crippen molar-refractivity contribution >= 4 is 50.7 Å². The van der Waals surface area contributed by atoms with E-state index in [2.05, 4.69) is 5.32 Å². The summed E-state index contributed by atoms with van der Waals surface area (Å²) in [5, 5.41) is 3.84. The van der Waals surface area contributed by atoms with Crippen molar-refractivity contribution in [2.45, 2.75) is 65.6 Å². The van der Waals surface area contributed by atoms with E-state index in [4.69, 9.17) is 23.2 Å². The van der Waals surface area contributed by atoms with Crippen LogP contribution in [0.5, 0.6) is 0 Å². The number of hydrogen-bond donors (Lipinski definition) is 1. The van der Waals surface area contributed by atoms with Gasteiger partial charge in [-0.1, -0.05) is 47.5 Å². The quantitative estimate of drug-likeness (QED) is 0.437. The minimum absolute atomic E-state index is 0.0449. The van der Waals surface area contributed by atoms with Gasteiger partial charge in [-0.2, -0.15) is 0 Å². The van der Waals surface area contributed by atoms with Crippen LogP contribution in [0.15, 0.2) is 42.5 Å². The number of nitrogens with one attached hydrogen (secondary N) is 1. The number of aryl methyl sites for hydroxylation is 1. The molecule has 36 heavy (non-hydrogen) atoms. The van der Waals surface area contributed by atoms with Crippen molar-refractivity contribution in [3.05, 3.63) is 63.6 Å². The van der Waals surface area contributed by atoms with Crippen molar-refractivity contribution < 1.29 is 18.0 Å². The zero-order valence-electron chi connectivity index (χ0n) is 21.6. The monoisotopic (exact) mass is 555 g/mol. The van der Waals surface area contributed by atoms with Crippen LogP contribution in [-0.4, -0.2) is 49.5 Å². The third-order valence-electron chi connectivity index (χ3n) is 5.56. The molecular weight excluding hydrogens is 521 g/mol. The first-order chi connectivity index (χ1) is 16.6. The number of anilines is 1. The van der Waals surface area contributed by atoms with E-state index in [1.807, 2.05) is 32.9 Å². The molecule has 1 N–H and O–H groups in total. The molecule has 2 rings (SSSR count). The third-order valence-corrected chi connectivity index (χ3v) is 7.34. The van der Waals surface area contributed by atoms with Gasteiger partial charge in [0.2, 0.25) is 21.8 Å². The smallest absolute Gasteiger partial charge is 0.242 e. The lowest BCUT2D eigenvalue weighted by Gasteiger charge is -2.32. The van der Waals surface area contributed by atoms with E-state index in [1.54, 1.807) is 44.2 Å². The highest BCUT2D eigenvalue weighted by molar-refractivity contribution is 7.92. The van der Waals surface area contributed by atoms with Gasteiger partial charge in [0.15, 0.2) is 0 Å². The highest BCUT2D eigenvalue weighted by Crippen LogP contribution is 2.27. The second-order valence-corrected chi connectivity index (χ2v) is 12.6. The number of benzene rings is 2. The number of halogens is 2. The lowest BCUT2D eigenvalue weighted by Crippen LogP contribution is -2.52. The van der Waals surface area contributed by atoms with E-state index >= 15 is 0 Å². The molecule has 0 aliphatic heterocycles. The van der Waals surface area contributed by atoms with Gasteiger partial charge in [-0.25, -0.2) is 8.42 Å². The second-order valence-electron chi connectivity index (χ2n) is 9.90. The molecule has 2 aromatic carbocycles. The standard InChI is InChI=1S/C26H35Cl2N3O4S/c1-18-13-14-21(27)16-23(18)31(36(6,34)35)15-9-12-24(32)30(17-20-10-7-8-11-22(20)28)19(2)25(33)29-26(3,4)5/h7-8,10-11,13-14,16,19H,9,12,15,17H2,1-6H3,(H,29,33)/t19-/m0/s1. The number of carbonyl (C=O) groups is 2. The van der Waals surface area contributed by atoms with Crippen LogP contribution < -0.4 is 9.62 Å². The maximum Gasteiger partial charge on any atom is 0.242 e. The van der Waals surface area contributed by atoms with E-state index in [0.717, 1.165) is 17.4 Å². The van der Waals surface area contributed by atoms with Crippen LogP contribution in [-0.2, 0) is 26.2 Å². The van der Waals surface area contributed by atoms with Gasteiger partial charge in [0.1, 0.15) is 6.04 Å². The lowest BCUT2D eigenvalue weighted by molar-refractivity contribution is -0.141. The molecule has 198 valence electrons. The van der Waals surface area contributed by atoms with Gasteiger partial charge in [-0.05, 0) is 70.4 Å². The molecule has 7 nitrogen and oxygen atoms in total. The molecular formula is C26H35Cl2N3O4S. The van der Waals surface area contributed by atoms with E-state index in [9.17, 15) is 18.0 Å². The van der Waals surface area contributed by atoms with Crippen LogP contribution in [0, 0.1) is 6.92 Å². The molecule has 1 atom stereocenters. The minimum Gasteiger partial charge on any atom is -0.350 e. The second kappa shape index (κ2) is 12.3. The molecule has 0 aliphatic carbocycles. The van der Waals surface area contributed by atoms with Gasteiger partial charge in [0.25, 0.3) is 0 Å². The zero-order chi connectivity index (χ0) is 27.3. The van der Waals surface area contributed by atoms with E-state index < -0.39 is 21.6 Å². The van der Waals surface area contributed by atoms with Crippen LogP contribution in [0.3, 0.4) is 0 Å². The average Bonchev–Trinajstić information content (AvgIpc) is 2.75. The van der Waals surface area contributed by atoms with Gasteiger partial charge in [0.05, 0.1) is 11.9 Å². The molecule has 2 aromatic rings. The summed E-state index contributed by atoms with van der Waals surface area (Å²) in [4.78, 5) is 27.8. The molecule has 0 saturated heterocycles. The Bertz CT molecular complexity index is 1200. The van der Waals surface area contributed by atoms with E-state index in [0.29, 0.717) is 15.7 Å². The highest BCUT2D eigenvalue weighted by Gasteiger charge is 2.29. The molecule has 0 unspecified atom stereocenters. The number of amides is 2. The van der Waals surface area contributed by atoms with Gasteiger partial charge < -0.3 is 10.2 Å². The van der Waals surface area contributed by atoms with Crippen molar-refractivity contribution in [3.63, 3.8) is 0 Å². The minimum atomic E-state index is -3.61. The fourth-order valence-electron chi connectivity index (χ4n) is 3.70. The number of rotatable bonds is 10. The van der Waals surface area contributed by atoms with Crippen molar-refractivity contribution in [2.75, 3.05) is 17.1 Å². The first kappa shape index (κ1) is 29.9. The molecule has 10 heteroatoms. The molecule has 0 saturated carbocycles. The summed E-state index contributed by atoms with van der Waals surface area (Å²) in [6.07, 6.45) is 1.42. The normalized spacial score (nSPS) is 12.7. The maximum atomic E-state index is 13.4. The molecule has 2 amide bonds. The van der Waals surface area contributed by atoms with E-state index in [1.165, 1.54) is 9.21 Å². The Morgan fingerprint density at radius 2 is 1.72 bits per heavy atom. The van der Waals surface area contributed by atoms with Crippen molar-refractivity contribution in [1.82, 2.24) is 10.2 Å². The Hall–Kier alpha value is -2.29. The summed E-state index contributed by atoms with van der Waals surface area (Å²) in [5.74, 6) is -0.557. The van der Waals surface area contributed by atoms with Crippen LogP contribution in [0.25, 0.3) is 0 Å². The summed E-state index contributed by atoms with van der Waals surface area (Å²) >= 11 is 12.4. The van der Waals surface area contributed by atoms with Crippen LogP contribution in [0.2, 0.25) is 10.0 Å². The number of carbonyl (C=O) groups excluding carboxylic acids is 2. The maximum absolute atomic E-state index is 13.4. The van der Waals surface area contributed by atoms with Gasteiger partial charge >= 0.3 is 0 Å².